The van der Waals surface area contributed by atoms with Crippen molar-refractivity contribution in [2.75, 3.05) is 7.11 Å². The second-order valence-electron chi connectivity index (χ2n) is 9.43. The number of carbonyl (C=O) groups excluding carboxylic acids is 1. The van der Waals surface area contributed by atoms with Crippen molar-refractivity contribution in [2.24, 2.45) is 22.7 Å². The molecule has 0 unspecified atom stereocenters. The van der Waals surface area contributed by atoms with Crippen LogP contribution in [-0.4, -0.2) is 46.6 Å². The number of esters is 1. The minimum Gasteiger partial charge on any atom is -0.481 e. The highest BCUT2D eigenvalue weighted by Gasteiger charge is 2.65. The zero-order chi connectivity index (χ0) is 20.8. The summed E-state index contributed by atoms with van der Waals surface area (Å²) in [6.45, 7) is 13.0. The van der Waals surface area contributed by atoms with Crippen molar-refractivity contribution in [1.29, 1.82) is 0 Å². The lowest BCUT2D eigenvalue weighted by Crippen LogP contribution is -2.66. The molecule has 1 heterocycles. The number of carbonyl (C=O) groups is 2. The first-order chi connectivity index (χ1) is 12.3. The van der Waals surface area contributed by atoms with Crippen LogP contribution in [0, 0.1) is 22.7 Å². The van der Waals surface area contributed by atoms with Gasteiger partial charge in [0.25, 0.3) is 0 Å². The molecule has 1 saturated heterocycles. The van der Waals surface area contributed by atoms with E-state index in [1.54, 1.807) is 19.9 Å². The molecule has 0 spiro atoms. The van der Waals surface area contributed by atoms with Crippen molar-refractivity contribution >= 4 is 11.9 Å². The van der Waals surface area contributed by atoms with Gasteiger partial charge < -0.3 is 19.7 Å². The number of carboxylic acids is 1. The number of hydrogen-bond donors (Lipinski definition) is 2. The van der Waals surface area contributed by atoms with Gasteiger partial charge in [0.2, 0.25) is 0 Å². The number of carboxylic acid groups (broad SMARTS) is 1. The summed E-state index contributed by atoms with van der Waals surface area (Å²) in [7, 11) is 1.24. The molecule has 154 valence electrons. The van der Waals surface area contributed by atoms with Crippen LogP contribution >= 0.6 is 0 Å². The van der Waals surface area contributed by atoms with Crippen LogP contribution in [0.25, 0.3) is 0 Å². The molecule has 2 aliphatic rings. The van der Waals surface area contributed by atoms with E-state index in [9.17, 15) is 19.8 Å². The fourth-order valence-corrected chi connectivity index (χ4v) is 5.75. The molecule has 0 aromatic rings. The molecule has 1 saturated carbocycles. The predicted octanol–water partition coefficient (Wildman–Crippen LogP) is 3.18. The zero-order valence-corrected chi connectivity index (χ0v) is 17.4. The number of fused-ring (bicyclic) bond motifs is 1. The third-order valence-electron chi connectivity index (χ3n) is 7.43. The molecule has 0 radical (unpaired) electrons. The van der Waals surface area contributed by atoms with Crippen molar-refractivity contribution in [3.63, 3.8) is 0 Å². The Kier molecular flexibility index (Phi) is 5.59. The van der Waals surface area contributed by atoms with Gasteiger partial charge >= 0.3 is 11.9 Å². The van der Waals surface area contributed by atoms with Gasteiger partial charge in [-0.15, -0.1) is 6.58 Å². The van der Waals surface area contributed by atoms with Crippen LogP contribution in [-0.2, 0) is 19.1 Å². The Morgan fingerprint density at radius 1 is 1.26 bits per heavy atom. The Morgan fingerprint density at radius 3 is 2.33 bits per heavy atom. The molecular weight excluding hydrogens is 348 g/mol. The third-order valence-corrected chi connectivity index (χ3v) is 7.43. The van der Waals surface area contributed by atoms with Gasteiger partial charge in [-0.1, -0.05) is 13.0 Å². The summed E-state index contributed by atoms with van der Waals surface area (Å²) in [5.74, 6) is -2.27. The Labute approximate surface area is 161 Å². The maximum absolute atomic E-state index is 12.3. The quantitative estimate of drug-likeness (QED) is 0.560. The van der Waals surface area contributed by atoms with E-state index in [-0.39, 0.29) is 5.92 Å². The monoisotopic (exact) mass is 382 g/mol. The first kappa shape index (κ1) is 21.9. The minimum absolute atomic E-state index is 0.190. The van der Waals surface area contributed by atoms with E-state index in [0.717, 1.165) is 0 Å². The second-order valence-corrected chi connectivity index (χ2v) is 9.43. The topological polar surface area (TPSA) is 93.1 Å². The van der Waals surface area contributed by atoms with Crippen molar-refractivity contribution < 1.29 is 29.3 Å². The van der Waals surface area contributed by atoms with Gasteiger partial charge in [0.1, 0.15) is 0 Å². The number of aliphatic hydroxyl groups excluding tert-OH is 1. The van der Waals surface area contributed by atoms with Crippen molar-refractivity contribution in [1.82, 2.24) is 0 Å². The smallest absolute Gasteiger partial charge is 0.335 e. The van der Waals surface area contributed by atoms with E-state index < -0.39 is 46.0 Å². The molecule has 27 heavy (non-hydrogen) atoms. The Balaban J connectivity index is 2.58. The van der Waals surface area contributed by atoms with Gasteiger partial charge in [-0.3, -0.25) is 4.79 Å². The van der Waals surface area contributed by atoms with E-state index in [1.165, 1.54) is 7.11 Å². The summed E-state index contributed by atoms with van der Waals surface area (Å²) in [4.78, 5) is 24.4. The maximum atomic E-state index is 12.3. The lowest BCUT2D eigenvalue weighted by atomic mass is 9.46. The summed E-state index contributed by atoms with van der Waals surface area (Å²) >= 11 is 0. The lowest BCUT2D eigenvalue weighted by Gasteiger charge is -2.63. The highest BCUT2D eigenvalue weighted by atomic mass is 16.5. The van der Waals surface area contributed by atoms with Gasteiger partial charge in [0.05, 0.1) is 23.7 Å². The number of methoxy groups -OCH3 is 1. The maximum Gasteiger partial charge on any atom is 0.335 e. The fraction of sp³-hybridized carbons (Fsp3) is 0.810. The van der Waals surface area contributed by atoms with Gasteiger partial charge in [-0.25, -0.2) is 4.79 Å². The van der Waals surface area contributed by atoms with Crippen LogP contribution in [0.5, 0.6) is 0 Å². The SMILES string of the molecule is C=C[C@@]1(C)CC[C@H]2[C@](C)([C@@H](O)C(=O)OC)[C@@H](C(C)(C)C(=O)O)CC[C@]2(C)O1. The van der Waals surface area contributed by atoms with Crippen LogP contribution in [0.2, 0.25) is 0 Å². The Morgan fingerprint density at radius 2 is 1.85 bits per heavy atom. The van der Waals surface area contributed by atoms with E-state index in [1.807, 2.05) is 20.8 Å². The highest BCUT2D eigenvalue weighted by Crippen LogP contribution is 2.62. The van der Waals surface area contributed by atoms with Gasteiger partial charge in [-0.2, -0.15) is 0 Å². The number of aliphatic hydroxyl groups is 1. The number of aliphatic carboxylic acids is 1. The largest absolute Gasteiger partial charge is 0.481 e. The highest BCUT2D eigenvalue weighted by molar-refractivity contribution is 5.77. The van der Waals surface area contributed by atoms with Crippen LogP contribution in [0.15, 0.2) is 12.7 Å². The molecule has 1 aliphatic carbocycles. The molecule has 6 atom stereocenters. The summed E-state index contributed by atoms with van der Waals surface area (Å²) in [5, 5.41) is 20.9. The molecular formula is C21H34O6. The minimum atomic E-state index is -1.42. The number of rotatable bonds is 5. The van der Waals surface area contributed by atoms with Crippen LogP contribution in [0.3, 0.4) is 0 Å². The first-order valence-electron chi connectivity index (χ1n) is 9.61. The van der Waals surface area contributed by atoms with Gasteiger partial charge in [0, 0.05) is 5.41 Å². The third kappa shape index (κ3) is 3.31. The van der Waals surface area contributed by atoms with E-state index in [0.29, 0.717) is 25.7 Å². The van der Waals surface area contributed by atoms with Crippen LogP contribution in [0.4, 0.5) is 0 Å². The second kappa shape index (κ2) is 6.89. The Hall–Kier alpha value is -1.40. The number of ether oxygens (including phenoxy) is 2. The van der Waals surface area contributed by atoms with Gasteiger partial charge in [-0.05, 0) is 65.2 Å². The summed E-state index contributed by atoms with van der Waals surface area (Å²) < 4.78 is 11.3. The average Bonchev–Trinajstić information content (AvgIpc) is 2.59. The average molecular weight is 382 g/mol. The van der Waals surface area contributed by atoms with E-state index in [2.05, 4.69) is 6.58 Å². The lowest BCUT2D eigenvalue weighted by molar-refractivity contribution is -0.263. The molecule has 2 N–H and O–H groups in total. The fourth-order valence-electron chi connectivity index (χ4n) is 5.75. The van der Waals surface area contributed by atoms with Gasteiger partial charge in [0.15, 0.2) is 6.10 Å². The molecule has 0 bridgehead atoms. The van der Waals surface area contributed by atoms with E-state index >= 15 is 0 Å². The van der Waals surface area contributed by atoms with Crippen molar-refractivity contribution in [3.8, 4) is 0 Å². The van der Waals surface area contributed by atoms with Crippen molar-refractivity contribution in [2.45, 2.75) is 77.6 Å². The molecule has 2 rings (SSSR count). The summed E-state index contributed by atoms with van der Waals surface area (Å²) in [6.07, 6.45) is 2.97. The molecule has 0 aromatic carbocycles. The molecule has 6 nitrogen and oxygen atoms in total. The zero-order valence-electron chi connectivity index (χ0n) is 17.4. The Bertz CT molecular complexity index is 628. The number of hydrogen-bond acceptors (Lipinski definition) is 5. The van der Waals surface area contributed by atoms with E-state index in [4.69, 9.17) is 9.47 Å². The molecule has 0 aromatic heterocycles. The normalized spacial score (nSPS) is 40.6. The van der Waals surface area contributed by atoms with Crippen LogP contribution < -0.4 is 0 Å². The summed E-state index contributed by atoms with van der Waals surface area (Å²) in [5.41, 5.74) is -3.16. The summed E-state index contributed by atoms with van der Waals surface area (Å²) in [6, 6.07) is 0. The van der Waals surface area contributed by atoms with Crippen molar-refractivity contribution in [3.05, 3.63) is 12.7 Å². The first-order valence-corrected chi connectivity index (χ1v) is 9.61. The molecule has 1 aliphatic heterocycles. The molecule has 0 amide bonds. The predicted molar refractivity (Wildman–Crippen MR) is 101 cm³/mol. The standard InChI is InChI=1S/C21H34O6/c1-8-19(4)11-9-14-20(5,27-19)12-10-13(18(2,3)17(24)25)21(14,6)15(22)16(23)26-7/h8,13-15,22H,1,9-12H2,2-7H3,(H,24,25)/t13-,14-,15+,19+,20+,21-/m1/s1. The van der Waals surface area contributed by atoms with Crippen LogP contribution in [0.1, 0.15) is 60.3 Å². The molecule has 6 heteroatoms. The molecule has 2 fully saturated rings.